The molecule has 1 aromatic carbocycles. The van der Waals surface area contributed by atoms with E-state index in [0.717, 1.165) is 0 Å². The lowest BCUT2D eigenvalue weighted by molar-refractivity contribution is 0.0312. The van der Waals surface area contributed by atoms with E-state index in [2.05, 4.69) is 0 Å². The summed E-state index contributed by atoms with van der Waals surface area (Å²) in [6, 6.07) is 4.59. The van der Waals surface area contributed by atoms with E-state index >= 15 is 0 Å². The number of aliphatic hydroxyl groups excluding tert-OH is 2. The number of carbonyl (C=O) groups is 1. The summed E-state index contributed by atoms with van der Waals surface area (Å²) in [5.74, 6) is 0.303. The highest BCUT2D eigenvalue weighted by atomic mass is 35.5. The van der Waals surface area contributed by atoms with Crippen molar-refractivity contribution in [1.82, 2.24) is 0 Å². The predicted octanol–water partition coefficient (Wildman–Crippen LogP) is 1.14. The van der Waals surface area contributed by atoms with Crippen molar-refractivity contribution in [2.24, 2.45) is 0 Å². The van der Waals surface area contributed by atoms with Crippen molar-refractivity contribution in [3.8, 4) is 5.75 Å². The zero-order valence-corrected chi connectivity index (χ0v) is 9.52. The molecule has 0 bridgehead atoms. The van der Waals surface area contributed by atoms with E-state index in [4.69, 9.17) is 16.3 Å². The molecule has 0 aromatic heterocycles. The zero-order valence-electron chi connectivity index (χ0n) is 8.76. The molecule has 2 unspecified atom stereocenters. The lowest BCUT2D eigenvalue weighted by Gasteiger charge is -2.18. The van der Waals surface area contributed by atoms with E-state index in [1.807, 2.05) is 0 Å². The summed E-state index contributed by atoms with van der Waals surface area (Å²) in [6.45, 7) is 0. The van der Waals surface area contributed by atoms with Gasteiger partial charge in [0, 0.05) is 11.1 Å². The van der Waals surface area contributed by atoms with Crippen LogP contribution in [0.1, 0.15) is 22.0 Å². The third kappa shape index (κ3) is 2.72. The number of aliphatic hydroxyl groups is 2. The van der Waals surface area contributed by atoms with E-state index in [-0.39, 0.29) is 5.88 Å². The van der Waals surface area contributed by atoms with E-state index in [0.29, 0.717) is 23.2 Å². The molecule has 0 radical (unpaired) electrons. The van der Waals surface area contributed by atoms with Crippen LogP contribution in [0.2, 0.25) is 0 Å². The number of hydrogen-bond acceptors (Lipinski definition) is 4. The predicted molar refractivity (Wildman–Crippen MR) is 60.1 cm³/mol. The van der Waals surface area contributed by atoms with E-state index < -0.39 is 12.2 Å². The van der Waals surface area contributed by atoms with Gasteiger partial charge in [-0.25, -0.2) is 0 Å². The highest BCUT2D eigenvalue weighted by Gasteiger charge is 2.21. The summed E-state index contributed by atoms with van der Waals surface area (Å²) in [5, 5.41) is 19.2. The van der Waals surface area contributed by atoms with Gasteiger partial charge in [-0.05, 0) is 18.2 Å². The van der Waals surface area contributed by atoms with Crippen LogP contribution < -0.4 is 4.74 Å². The minimum Gasteiger partial charge on any atom is -0.496 e. The topological polar surface area (TPSA) is 66.8 Å². The van der Waals surface area contributed by atoms with Gasteiger partial charge in [-0.1, -0.05) is 0 Å². The lowest BCUT2D eigenvalue weighted by Crippen LogP contribution is -2.20. The van der Waals surface area contributed by atoms with Crippen LogP contribution in [0.4, 0.5) is 0 Å². The number of benzene rings is 1. The first-order chi connectivity index (χ1) is 7.63. The third-order valence-corrected chi connectivity index (χ3v) is 2.55. The molecule has 2 N–H and O–H groups in total. The molecule has 0 spiro atoms. The van der Waals surface area contributed by atoms with Crippen molar-refractivity contribution in [3.05, 3.63) is 29.3 Å². The molecule has 1 aromatic rings. The maximum absolute atomic E-state index is 10.6. The highest BCUT2D eigenvalue weighted by Crippen LogP contribution is 2.28. The number of carbonyl (C=O) groups excluding carboxylic acids is 1. The Morgan fingerprint density at radius 2 is 2.19 bits per heavy atom. The number of hydrogen-bond donors (Lipinski definition) is 2. The molecule has 88 valence electrons. The Hall–Kier alpha value is -1.10. The second-order valence-electron chi connectivity index (χ2n) is 3.29. The summed E-state index contributed by atoms with van der Waals surface area (Å²) in [6.07, 6.45) is -1.62. The van der Waals surface area contributed by atoms with Crippen molar-refractivity contribution in [2.75, 3.05) is 13.0 Å². The summed E-state index contributed by atoms with van der Waals surface area (Å²) in [7, 11) is 1.44. The Kier molecular flexibility index (Phi) is 4.73. The van der Waals surface area contributed by atoms with Gasteiger partial charge in [0.05, 0.1) is 19.1 Å². The van der Waals surface area contributed by atoms with E-state index in [9.17, 15) is 15.0 Å². The molecule has 0 saturated heterocycles. The van der Waals surface area contributed by atoms with Gasteiger partial charge >= 0.3 is 0 Å². The van der Waals surface area contributed by atoms with E-state index in [1.54, 1.807) is 12.1 Å². The monoisotopic (exact) mass is 244 g/mol. The maximum atomic E-state index is 10.6. The summed E-state index contributed by atoms with van der Waals surface area (Å²) in [5.41, 5.74) is 0.747. The SMILES string of the molecule is COc1ccc(C=O)cc1C(O)C(O)CCl. The van der Waals surface area contributed by atoms with Crippen LogP contribution in [0.15, 0.2) is 18.2 Å². The minimum absolute atomic E-state index is 0.102. The van der Waals surface area contributed by atoms with Crippen molar-refractivity contribution in [1.29, 1.82) is 0 Å². The van der Waals surface area contributed by atoms with Crippen LogP contribution in [0.5, 0.6) is 5.75 Å². The van der Waals surface area contributed by atoms with E-state index in [1.165, 1.54) is 13.2 Å². The molecule has 5 heteroatoms. The van der Waals surface area contributed by atoms with Gasteiger partial charge in [0.2, 0.25) is 0 Å². The Morgan fingerprint density at radius 3 is 2.69 bits per heavy atom. The number of alkyl halides is 1. The molecular formula is C11H13ClO4. The summed E-state index contributed by atoms with van der Waals surface area (Å²) in [4.78, 5) is 10.6. The molecule has 0 fully saturated rings. The highest BCUT2D eigenvalue weighted by molar-refractivity contribution is 6.18. The molecule has 2 atom stereocenters. The molecule has 0 aliphatic heterocycles. The Morgan fingerprint density at radius 1 is 1.50 bits per heavy atom. The number of halogens is 1. The average Bonchev–Trinajstić information content (AvgIpc) is 2.35. The molecule has 16 heavy (non-hydrogen) atoms. The lowest BCUT2D eigenvalue weighted by atomic mass is 10.0. The van der Waals surface area contributed by atoms with Gasteiger partial charge in [-0.3, -0.25) is 4.79 Å². The van der Waals surface area contributed by atoms with Crippen LogP contribution >= 0.6 is 11.6 Å². The maximum Gasteiger partial charge on any atom is 0.150 e. The first-order valence-corrected chi connectivity index (χ1v) is 5.22. The second-order valence-corrected chi connectivity index (χ2v) is 3.59. The van der Waals surface area contributed by atoms with Crippen molar-refractivity contribution >= 4 is 17.9 Å². The van der Waals surface area contributed by atoms with Crippen LogP contribution in [0.25, 0.3) is 0 Å². The second kappa shape index (κ2) is 5.84. The Balaban J connectivity index is 3.12. The van der Waals surface area contributed by atoms with Gasteiger partial charge in [0.25, 0.3) is 0 Å². The van der Waals surface area contributed by atoms with Gasteiger partial charge in [0.15, 0.2) is 0 Å². The molecule has 0 aliphatic carbocycles. The molecule has 0 amide bonds. The number of methoxy groups -OCH3 is 1. The van der Waals surface area contributed by atoms with Crippen LogP contribution in [-0.2, 0) is 0 Å². The first-order valence-electron chi connectivity index (χ1n) is 4.69. The van der Waals surface area contributed by atoms with Crippen molar-refractivity contribution in [3.63, 3.8) is 0 Å². The van der Waals surface area contributed by atoms with Gasteiger partial charge in [-0.2, -0.15) is 0 Å². The fourth-order valence-corrected chi connectivity index (χ4v) is 1.52. The number of rotatable bonds is 5. The van der Waals surface area contributed by atoms with Crippen LogP contribution in [0, 0.1) is 0 Å². The van der Waals surface area contributed by atoms with Gasteiger partial charge in [0.1, 0.15) is 18.1 Å². The Labute approximate surface area is 98.4 Å². The minimum atomic E-state index is -1.17. The zero-order chi connectivity index (χ0) is 12.1. The number of ether oxygens (including phenoxy) is 1. The number of aldehydes is 1. The third-order valence-electron chi connectivity index (χ3n) is 2.23. The molecule has 0 aliphatic rings. The summed E-state index contributed by atoms with van der Waals surface area (Å²) >= 11 is 5.45. The molecular weight excluding hydrogens is 232 g/mol. The van der Waals surface area contributed by atoms with Crippen LogP contribution in [0.3, 0.4) is 0 Å². The fraction of sp³-hybridized carbons (Fsp3) is 0.364. The van der Waals surface area contributed by atoms with Crippen LogP contribution in [-0.4, -0.2) is 35.6 Å². The normalized spacial score (nSPS) is 14.2. The Bertz CT molecular complexity index is 367. The summed E-state index contributed by atoms with van der Waals surface area (Å²) < 4.78 is 5.03. The molecule has 0 heterocycles. The van der Waals surface area contributed by atoms with Gasteiger partial charge < -0.3 is 14.9 Å². The first kappa shape index (κ1) is 13.0. The standard InChI is InChI=1S/C11H13ClO4/c1-16-10-3-2-7(6-13)4-8(10)11(15)9(14)5-12/h2-4,6,9,11,14-15H,5H2,1H3. The smallest absolute Gasteiger partial charge is 0.150 e. The molecule has 0 saturated carbocycles. The largest absolute Gasteiger partial charge is 0.496 e. The van der Waals surface area contributed by atoms with Crippen molar-refractivity contribution < 1.29 is 19.7 Å². The quantitative estimate of drug-likeness (QED) is 0.602. The average molecular weight is 245 g/mol. The molecule has 1 rings (SSSR count). The van der Waals surface area contributed by atoms with Gasteiger partial charge in [-0.15, -0.1) is 11.6 Å². The van der Waals surface area contributed by atoms with Crippen molar-refractivity contribution in [2.45, 2.75) is 12.2 Å². The fourth-order valence-electron chi connectivity index (χ4n) is 1.35. The molecule has 4 nitrogen and oxygen atoms in total.